The third-order valence-corrected chi connectivity index (χ3v) is 5.39. The van der Waals surface area contributed by atoms with Crippen LogP contribution in [0.3, 0.4) is 0 Å². The molecule has 0 fully saturated rings. The van der Waals surface area contributed by atoms with Crippen LogP contribution in [-0.4, -0.2) is 18.5 Å². The van der Waals surface area contributed by atoms with Gasteiger partial charge >= 0.3 is 5.97 Å². The molecule has 26 heavy (non-hydrogen) atoms. The number of ether oxygens (including phenoxy) is 1. The van der Waals surface area contributed by atoms with Gasteiger partial charge in [-0.05, 0) is 31.4 Å². The van der Waals surface area contributed by atoms with E-state index >= 15 is 0 Å². The number of unbranched alkanes of at least 4 members (excludes halogenated alkanes) is 1. The Kier molecular flexibility index (Phi) is 7.85. The normalized spacial score (nSPS) is 11.8. The number of hydrogen-bond donors (Lipinski definition) is 1. The summed E-state index contributed by atoms with van der Waals surface area (Å²) in [5.41, 5.74) is 1.44. The van der Waals surface area contributed by atoms with Crippen LogP contribution in [0.5, 0.6) is 0 Å². The van der Waals surface area contributed by atoms with Gasteiger partial charge in [-0.25, -0.2) is 4.79 Å². The number of anilines is 1. The molecule has 2 aromatic rings. The average molecular weight is 374 g/mol. The summed E-state index contributed by atoms with van der Waals surface area (Å²) in [6.45, 7) is 6.22. The van der Waals surface area contributed by atoms with Gasteiger partial charge in [0.15, 0.2) is 0 Å². The lowest BCUT2D eigenvalue weighted by Gasteiger charge is -2.14. The van der Waals surface area contributed by atoms with Crippen LogP contribution in [0.1, 0.15) is 56.8 Å². The highest BCUT2D eigenvalue weighted by atomic mass is 32.1. The lowest BCUT2D eigenvalue weighted by molar-refractivity contribution is -0.120. The number of hydrogen-bond acceptors (Lipinski definition) is 4. The van der Waals surface area contributed by atoms with Crippen molar-refractivity contribution in [2.75, 3.05) is 11.9 Å². The quantitative estimate of drug-likeness (QED) is 0.570. The van der Waals surface area contributed by atoms with E-state index in [0.717, 1.165) is 36.1 Å². The van der Waals surface area contributed by atoms with Crippen molar-refractivity contribution in [3.63, 3.8) is 0 Å². The number of carbonyl (C=O) groups excluding carboxylic acids is 2. The highest BCUT2D eigenvalue weighted by Gasteiger charge is 2.22. The first-order chi connectivity index (χ1) is 12.6. The zero-order valence-electron chi connectivity index (χ0n) is 15.7. The van der Waals surface area contributed by atoms with Gasteiger partial charge in [0.25, 0.3) is 0 Å². The van der Waals surface area contributed by atoms with E-state index in [1.54, 1.807) is 13.0 Å². The Morgan fingerprint density at radius 1 is 1.15 bits per heavy atom. The summed E-state index contributed by atoms with van der Waals surface area (Å²) in [5, 5.41) is 3.55. The molecule has 1 N–H and O–H groups in total. The first-order valence-corrected chi connectivity index (χ1v) is 10.1. The van der Waals surface area contributed by atoms with Crippen molar-refractivity contribution in [2.45, 2.75) is 46.5 Å². The summed E-state index contributed by atoms with van der Waals surface area (Å²) >= 11 is 1.41. The molecule has 1 amide bonds. The number of esters is 1. The number of thiophene rings is 1. The van der Waals surface area contributed by atoms with Gasteiger partial charge in [-0.3, -0.25) is 4.79 Å². The smallest absolute Gasteiger partial charge is 0.341 e. The predicted octanol–water partition coefficient (Wildman–Crippen LogP) is 5.75. The SMILES string of the molecule is CCCC[C@@H](CC)C(=O)Nc1sc(-c2ccccc2)cc1C(=O)OCC. The average Bonchev–Trinajstić information content (AvgIpc) is 3.07. The molecule has 0 aliphatic heterocycles. The first-order valence-electron chi connectivity index (χ1n) is 9.27. The number of nitrogens with one attached hydrogen (secondary N) is 1. The van der Waals surface area contributed by atoms with Crippen molar-refractivity contribution < 1.29 is 14.3 Å². The van der Waals surface area contributed by atoms with Crippen LogP contribution in [-0.2, 0) is 9.53 Å². The van der Waals surface area contributed by atoms with Crippen molar-refractivity contribution in [3.05, 3.63) is 42.0 Å². The summed E-state index contributed by atoms with van der Waals surface area (Å²) < 4.78 is 5.17. The Labute approximate surface area is 159 Å². The molecule has 0 radical (unpaired) electrons. The van der Waals surface area contributed by atoms with E-state index in [-0.39, 0.29) is 11.8 Å². The van der Waals surface area contributed by atoms with E-state index in [4.69, 9.17) is 4.74 Å². The lowest BCUT2D eigenvalue weighted by Crippen LogP contribution is -2.23. The Morgan fingerprint density at radius 2 is 1.88 bits per heavy atom. The fourth-order valence-corrected chi connectivity index (χ4v) is 3.83. The standard InChI is InChI=1S/C21H27NO3S/c1-4-7-11-15(5-2)19(23)22-20-17(21(24)25-6-3)14-18(26-20)16-12-9-8-10-13-16/h8-10,12-15H,4-7,11H2,1-3H3,(H,22,23)/t15-/m1/s1. The van der Waals surface area contributed by atoms with Gasteiger partial charge in [-0.1, -0.05) is 57.0 Å². The van der Waals surface area contributed by atoms with Crippen molar-refractivity contribution >= 4 is 28.2 Å². The monoisotopic (exact) mass is 373 g/mol. The molecule has 0 aliphatic carbocycles. The molecule has 5 heteroatoms. The highest BCUT2D eigenvalue weighted by Crippen LogP contribution is 2.36. The van der Waals surface area contributed by atoms with Crippen LogP contribution in [0.2, 0.25) is 0 Å². The molecule has 1 atom stereocenters. The van der Waals surface area contributed by atoms with Crippen LogP contribution in [0.15, 0.2) is 36.4 Å². The molecule has 2 rings (SSSR count). The second-order valence-electron chi connectivity index (χ2n) is 6.18. The molecule has 140 valence electrons. The first kappa shape index (κ1) is 20.2. The van der Waals surface area contributed by atoms with Crippen molar-refractivity contribution in [1.82, 2.24) is 0 Å². The Bertz CT molecular complexity index is 724. The molecule has 0 bridgehead atoms. The van der Waals surface area contributed by atoms with Crippen LogP contribution in [0.4, 0.5) is 5.00 Å². The molecular weight excluding hydrogens is 346 g/mol. The molecule has 0 saturated carbocycles. The zero-order valence-corrected chi connectivity index (χ0v) is 16.5. The third-order valence-electron chi connectivity index (χ3n) is 4.29. The predicted molar refractivity (Wildman–Crippen MR) is 108 cm³/mol. The molecule has 0 unspecified atom stereocenters. The number of carbonyl (C=O) groups is 2. The molecule has 0 spiro atoms. The molecule has 1 heterocycles. The summed E-state index contributed by atoms with van der Waals surface area (Å²) in [5.74, 6) is -0.455. The molecule has 1 aromatic heterocycles. The second-order valence-corrected chi connectivity index (χ2v) is 7.23. The topological polar surface area (TPSA) is 55.4 Å². The lowest BCUT2D eigenvalue weighted by atomic mass is 9.98. The number of amides is 1. The van der Waals surface area contributed by atoms with Gasteiger partial charge in [0.2, 0.25) is 5.91 Å². The van der Waals surface area contributed by atoms with Gasteiger partial charge in [-0.2, -0.15) is 0 Å². The largest absolute Gasteiger partial charge is 0.462 e. The Morgan fingerprint density at radius 3 is 2.50 bits per heavy atom. The minimum Gasteiger partial charge on any atom is -0.462 e. The van der Waals surface area contributed by atoms with Gasteiger partial charge in [0.05, 0.1) is 12.2 Å². The minimum atomic E-state index is -0.400. The maximum absolute atomic E-state index is 12.7. The van der Waals surface area contributed by atoms with Crippen LogP contribution >= 0.6 is 11.3 Å². The Balaban J connectivity index is 2.28. The van der Waals surface area contributed by atoms with Crippen molar-refractivity contribution in [1.29, 1.82) is 0 Å². The number of benzene rings is 1. The van der Waals surface area contributed by atoms with E-state index in [2.05, 4.69) is 12.2 Å². The van der Waals surface area contributed by atoms with Crippen LogP contribution in [0, 0.1) is 5.92 Å². The molecule has 1 aromatic carbocycles. The van der Waals surface area contributed by atoms with E-state index < -0.39 is 5.97 Å². The number of rotatable bonds is 9. The fourth-order valence-electron chi connectivity index (χ4n) is 2.77. The van der Waals surface area contributed by atoms with E-state index in [0.29, 0.717) is 17.2 Å². The van der Waals surface area contributed by atoms with Crippen LogP contribution < -0.4 is 5.32 Å². The molecule has 4 nitrogen and oxygen atoms in total. The molecule has 0 saturated heterocycles. The van der Waals surface area contributed by atoms with Gasteiger partial charge in [0.1, 0.15) is 5.00 Å². The van der Waals surface area contributed by atoms with E-state index in [1.165, 1.54) is 11.3 Å². The van der Waals surface area contributed by atoms with E-state index in [9.17, 15) is 9.59 Å². The van der Waals surface area contributed by atoms with Gasteiger partial charge in [0, 0.05) is 10.8 Å². The maximum Gasteiger partial charge on any atom is 0.341 e. The highest BCUT2D eigenvalue weighted by molar-refractivity contribution is 7.20. The zero-order chi connectivity index (χ0) is 18.9. The summed E-state index contributed by atoms with van der Waals surface area (Å²) in [6, 6.07) is 11.6. The third kappa shape index (κ3) is 5.18. The molecule has 0 aliphatic rings. The molecular formula is C21H27NO3S. The second kappa shape index (κ2) is 10.1. The van der Waals surface area contributed by atoms with Crippen LogP contribution in [0.25, 0.3) is 10.4 Å². The Hall–Kier alpha value is -2.14. The van der Waals surface area contributed by atoms with Crippen molar-refractivity contribution in [3.8, 4) is 10.4 Å². The summed E-state index contributed by atoms with van der Waals surface area (Å²) in [7, 11) is 0. The van der Waals surface area contributed by atoms with E-state index in [1.807, 2.05) is 37.3 Å². The summed E-state index contributed by atoms with van der Waals surface area (Å²) in [4.78, 5) is 25.9. The minimum absolute atomic E-state index is 0.0204. The fraction of sp³-hybridized carbons (Fsp3) is 0.429. The van der Waals surface area contributed by atoms with Gasteiger partial charge in [-0.15, -0.1) is 11.3 Å². The maximum atomic E-state index is 12.7. The summed E-state index contributed by atoms with van der Waals surface area (Å²) in [6.07, 6.45) is 3.74. The van der Waals surface area contributed by atoms with Crippen molar-refractivity contribution in [2.24, 2.45) is 5.92 Å². The van der Waals surface area contributed by atoms with Gasteiger partial charge < -0.3 is 10.1 Å².